The Morgan fingerprint density at radius 2 is 1.78 bits per heavy atom. The van der Waals surface area contributed by atoms with E-state index in [0.717, 1.165) is 10.9 Å². The third-order valence-corrected chi connectivity index (χ3v) is 5.16. The van der Waals surface area contributed by atoms with E-state index >= 15 is 0 Å². The Hall–Kier alpha value is -3.09. The molecule has 8 N–H and O–H groups in total. The molecule has 2 aromatic rings. The molecule has 0 saturated heterocycles. The molecule has 0 saturated carbocycles. The molecule has 3 amide bonds. The summed E-state index contributed by atoms with van der Waals surface area (Å²) < 4.78 is 0. The molecule has 1 aromatic carbocycles. The second-order valence-electron chi connectivity index (χ2n) is 7.20. The van der Waals surface area contributed by atoms with E-state index < -0.39 is 47.9 Å². The predicted molar refractivity (Wildman–Crippen MR) is 120 cm³/mol. The van der Waals surface area contributed by atoms with Crippen LogP contribution >= 0.6 is 12.6 Å². The predicted octanol–water partition coefficient (Wildman–Crippen LogP) is -1.48. The topological polar surface area (TPSA) is 187 Å². The number of aromatic amines is 1. The number of carboxylic acid groups (broad SMARTS) is 1. The van der Waals surface area contributed by atoms with Gasteiger partial charge in [0.05, 0.1) is 12.6 Å². The van der Waals surface area contributed by atoms with Crippen molar-refractivity contribution in [1.29, 1.82) is 0 Å². The summed E-state index contributed by atoms with van der Waals surface area (Å²) in [7, 11) is 0. The van der Waals surface area contributed by atoms with Crippen LogP contribution in [0.3, 0.4) is 0 Å². The van der Waals surface area contributed by atoms with E-state index in [9.17, 15) is 29.4 Å². The van der Waals surface area contributed by atoms with Crippen molar-refractivity contribution in [3.63, 3.8) is 0 Å². The second kappa shape index (κ2) is 11.5. The van der Waals surface area contributed by atoms with Crippen molar-refractivity contribution in [1.82, 2.24) is 20.9 Å². The van der Waals surface area contributed by atoms with E-state index in [0.29, 0.717) is 5.56 Å². The number of aromatic nitrogens is 1. The number of carbonyl (C=O) groups excluding carboxylic acids is 3. The van der Waals surface area contributed by atoms with Gasteiger partial charge in [-0.1, -0.05) is 18.2 Å². The number of nitrogens with one attached hydrogen (secondary N) is 4. The number of rotatable bonds is 11. The minimum Gasteiger partial charge on any atom is -0.480 e. The lowest BCUT2D eigenvalue weighted by Gasteiger charge is -2.25. The third kappa shape index (κ3) is 6.45. The van der Waals surface area contributed by atoms with Crippen molar-refractivity contribution in [3.05, 3.63) is 36.0 Å². The Morgan fingerprint density at radius 1 is 1.09 bits per heavy atom. The number of aliphatic carboxylic acids is 1. The van der Waals surface area contributed by atoms with Crippen LogP contribution in [0.25, 0.3) is 10.9 Å². The number of carboxylic acids is 1. The zero-order chi connectivity index (χ0) is 23.8. The molecule has 174 valence electrons. The minimum atomic E-state index is -1.45. The highest BCUT2D eigenvalue weighted by Crippen LogP contribution is 2.19. The van der Waals surface area contributed by atoms with Crippen LogP contribution in [0.2, 0.25) is 0 Å². The average molecular weight is 466 g/mol. The third-order valence-electron chi connectivity index (χ3n) is 4.80. The monoisotopic (exact) mass is 465 g/mol. The zero-order valence-electron chi connectivity index (χ0n) is 17.4. The van der Waals surface area contributed by atoms with E-state index in [1.165, 1.54) is 6.92 Å². The summed E-state index contributed by atoms with van der Waals surface area (Å²) >= 11 is 4.00. The minimum absolute atomic E-state index is 0.0165. The van der Waals surface area contributed by atoms with Crippen molar-refractivity contribution in [2.75, 3.05) is 12.3 Å². The van der Waals surface area contributed by atoms with E-state index in [1.807, 2.05) is 24.3 Å². The number of fused-ring (bicyclic) bond motifs is 1. The van der Waals surface area contributed by atoms with Gasteiger partial charge in [-0.05, 0) is 18.6 Å². The van der Waals surface area contributed by atoms with Crippen LogP contribution in [0.15, 0.2) is 30.5 Å². The van der Waals surface area contributed by atoms with Gasteiger partial charge in [0.25, 0.3) is 0 Å². The van der Waals surface area contributed by atoms with Crippen LogP contribution in [-0.2, 0) is 25.6 Å². The molecule has 0 radical (unpaired) electrons. The summed E-state index contributed by atoms with van der Waals surface area (Å²) in [5.41, 5.74) is 6.72. The summed E-state index contributed by atoms with van der Waals surface area (Å²) in [6.07, 6.45) is 0.308. The maximum Gasteiger partial charge on any atom is 0.326 e. The van der Waals surface area contributed by atoms with Gasteiger partial charge in [0.2, 0.25) is 17.7 Å². The molecule has 0 aliphatic heterocycles. The lowest BCUT2D eigenvalue weighted by Crippen LogP contribution is -2.59. The molecule has 0 aliphatic rings. The van der Waals surface area contributed by atoms with E-state index in [1.54, 1.807) is 6.20 Å². The first-order valence-electron chi connectivity index (χ1n) is 9.84. The molecule has 1 aromatic heterocycles. The number of thiol groups is 1. The van der Waals surface area contributed by atoms with Crippen molar-refractivity contribution in [3.8, 4) is 0 Å². The zero-order valence-corrected chi connectivity index (χ0v) is 18.3. The first-order valence-corrected chi connectivity index (χ1v) is 10.5. The largest absolute Gasteiger partial charge is 0.480 e. The molecule has 0 spiro atoms. The van der Waals surface area contributed by atoms with Crippen molar-refractivity contribution in [2.45, 2.75) is 37.6 Å². The number of benzene rings is 1. The number of nitrogens with two attached hydrogens (primary N) is 1. The summed E-state index contributed by atoms with van der Waals surface area (Å²) in [5.74, 6) is -3.61. The lowest BCUT2D eigenvalue weighted by molar-refractivity contribution is -0.143. The smallest absolute Gasteiger partial charge is 0.326 e. The molecule has 1 heterocycles. The number of aliphatic hydroxyl groups excluding tert-OH is 1. The fourth-order valence-corrected chi connectivity index (χ4v) is 3.35. The number of hydrogen-bond donors (Lipinski definition) is 8. The number of carbonyl (C=O) groups is 4. The second-order valence-corrected chi connectivity index (χ2v) is 7.56. The standard InChI is InChI=1S/C20H27N5O6S/c1-10(26)17(25-18(28)15(9-32)23-16(27)7-21)19(29)24-14(20(30)31)6-11-8-22-13-5-3-2-4-12(11)13/h2-5,8,10,14-15,17,22,26,32H,6-7,9,21H2,1H3,(H,23,27)(H,24,29)(H,25,28)(H,30,31). The highest BCUT2D eigenvalue weighted by molar-refractivity contribution is 7.80. The number of amides is 3. The molecule has 12 heteroatoms. The summed E-state index contributed by atoms with van der Waals surface area (Å²) in [4.78, 5) is 51.4. The van der Waals surface area contributed by atoms with Gasteiger partial charge >= 0.3 is 5.97 Å². The Bertz CT molecular complexity index is 978. The van der Waals surface area contributed by atoms with Gasteiger partial charge in [-0.2, -0.15) is 12.6 Å². The summed E-state index contributed by atoms with van der Waals surface area (Å²) in [5, 5.41) is 27.5. The normalized spacial score (nSPS) is 14.8. The van der Waals surface area contributed by atoms with Gasteiger partial charge in [0.15, 0.2) is 0 Å². The molecule has 0 aliphatic carbocycles. The first-order chi connectivity index (χ1) is 15.2. The maximum absolute atomic E-state index is 12.7. The van der Waals surface area contributed by atoms with Crippen LogP contribution in [0, 0.1) is 0 Å². The van der Waals surface area contributed by atoms with E-state index in [4.69, 9.17) is 5.73 Å². The molecular formula is C20H27N5O6S. The molecule has 4 unspecified atom stereocenters. The highest BCUT2D eigenvalue weighted by atomic mass is 32.1. The van der Waals surface area contributed by atoms with Gasteiger partial charge in [-0.15, -0.1) is 0 Å². The fourth-order valence-electron chi connectivity index (χ4n) is 3.09. The Labute approximate surface area is 189 Å². The quantitative estimate of drug-likeness (QED) is 0.186. The van der Waals surface area contributed by atoms with Crippen molar-refractivity contribution in [2.24, 2.45) is 5.73 Å². The van der Waals surface area contributed by atoms with Crippen LogP contribution in [-0.4, -0.2) is 75.4 Å². The Balaban J connectivity index is 2.12. The van der Waals surface area contributed by atoms with E-state index in [-0.39, 0.29) is 18.7 Å². The maximum atomic E-state index is 12.7. The summed E-state index contributed by atoms with van der Waals surface area (Å²) in [6.45, 7) is 0.931. The van der Waals surface area contributed by atoms with Gasteiger partial charge in [0.1, 0.15) is 18.1 Å². The number of para-hydroxylation sites is 1. The molecule has 2 rings (SSSR count). The first kappa shape index (κ1) is 25.2. The van der Waals surface area contributed by atoms with Crippen LogP contribution in [0.4, 0.5) is 0 Å². The van der Waals surface area contributed by atoms with Gasteiger partial charge in [-0.25, -0.2) is 4.79 Å². The van der Waals surface area contributed by atoms with Crippen LogP contribution in [0.1, 0.15) is 12.5 Å². The van der Waals surface area contributed by atoms with Gasteiger partial charge in [0, 0.05) is 29.3 Å². The molecule has 4 atom stereocenters. The average Bonchev–Trinajstić information content (AvgIpc) is 3.17. The summed E-state index contributed by atoms with van der Waals surface area (Å²) in [6, 6.07) is 3.46. The van der Waals surface area contributed by atoms with Gasteiger partial charge < -0.3 is 36.9 Å². The lowest BCUT2D eigenvalue weighted by atomic mass is 10.0. The Kier molecular flexibility index (Phi) is 9.05. The highest BCUT2D eigenvalue weighted by Gasteiger charge is 2.32. The SMILES string of the molecule is CC(O)C(NC(=O)C(CS)NC(=O)CN)C(=O)NC(Cc1c[nH]c2ccccc12)C(=O)O. The Morgan fingerprint density at radius 3 is 2.38 bits per heavy atom. The molecule has 0 bridgehead atoms. The fraction of sp³-hybridized carbons (Fsp3) is 0.400. The van der Waals surface area contributed by atoms with Crippen LogP contribution < -0.4 is 21.7 Å². The van der Waals surface area contributed by atoms with Gasteiger partial charge in [-0.3, -0.25) is 14.4 Å². The van der Waals surface area contributed by atoms with Crippen LogP contribution in [0.5, 0.6) is 0 Å². The number of aliphatic hydroxyl groups is 1. The van der Waals surface area contributed by atoms with E-state index in [2.05, 4.69) is 33.6 Å². The van der Waals surface area contributed by atoms with Crippen molar-refractivity contribution < 1.29 is 29.4 Å². The molecule has 11 nitrogen and oxygen atoms in total. The number of H-pyrrole nitrogens is 1. The van der Waals surface area contributed by atoms with Crippen molar-refractivity contribution >= 4 is 47.2 Å². The number of hydrogen-bond acceptors (Lipinski definition) is 7. The molecule has 32 heavy (non-hydrogen) atoms. The molecular weight excluding hydrogens is 438 g/mol. The molecule has 0 fully saturated rings.